The lowest BCUT2D eigenvalue weighted by molar-refractivity contribution is -0.164. The Morgan fingerprint density at radius 1 is 0.527 bits per heavy atom. The van der Waals surface area contributed by atoms with Gasteiger partial charge in [-0.3, -0.25) is 57.5 Å². The number of amides is 8. The van der Waals surface area contributed by atoms with Gasteiger partial charge in [0.05, 0.1) is 12.1 Å². The summed E-state index contributed by atoms with van der Waals surface area (Å²) >= 11 is 0. The van der Waals surface area contributed by atoms with Crippen LogP contribution in [-0.4, -0.2) is 222 Å². The van der Waals surface area contributed by atoms with Crippen molar-refractivity contribution < 1.29 is 67.0 Å². The second kappa shape index (κ2) is 38.2. The van der Waals surface area contributed by atoms with Crippen LogP contribution in [0.4, 0.5) is 0 Å². The Bertz CT molecular complexity index is 2520. The minimum atomic E-state index is -1.61. The van der Waals surface area contributed by atoms with Crippen LogP contribution in [0.2, 0.25) is 0 Å². The summed E-state index contributed by atoms with van der Waals surface area (Å²) in [5.41, 5.74) is 0. The number of hydrogen-bond acceptors (Lipinski definition) is 14. The summed E-state index contributed by atoms with van der Waals surface area (Å²) in [7, 11) is 11.7. The van der Waals surface area contributed by atoms with Crippen molar-refractivity contribution in [3.05, 3.63) is 12.2 Å². The molecule has 22 nitrogen and oxygen atoms in total. The highest BCUT2D eigenvalue weighted by Gasteiger charge is 2.47. The van der Waals surface area contributed by atoms with Crippen molar-refractivity contribution >= 4 is 70.6 Å². The van der Waals surface area contributed by atoms with E-state index in [1.165, 1.54) is 99.7 Å². The molecule has 0 bridgehead atoms. The summed E-state index contributed by atoms with van der Waals surface area (Å²) in [6.45, 7) is 31.5. The van der Waals surface area contributed by atoms with Gasteiger partial charge < -0.3 is 49.1 Å². The highest BCUT2D eigenvalue weighted by molar-refractivity contribution is 6.00. The number of nitrogens with one attached hydrogen (secondary N) is 1. The third-order valence-electron chi connectivity index (χ3n) is 18.3. The van der Waals surface area contributed by atoms with Gasteiger partial charge in [-0.15, -0.1) is 0 Å². The Labute approximate surface area is 546 Å². The van der Waals surface area contributed by atoms with E-state index in [2.05, 4.69) is 5.32 Å². The first-order chi connectivity index (χ1) is 42.1. The van der Waals surface area contributed by atoms with Crippen molar-refractivity contribution in [2.24, 2.45) is 59.2 Å². The predicted molar refractivity (Wildman–Crippen MR) is 352 cm³/mol. The molecule has 1 aliphatic heterocycles. The quantitative estimate of drug-likeness (QED) is 0.106. The van der Waals surface area contributed by atoms with Crippen LogP contribution < -0.4 is 5.32 Å². The number of ether oxygens (including phenoxy) is 2. The maximum absolute atomic E-state index is 15.5. The lowest BCUT2D eigenvalue weighted by atomic mass is 9.83. The van der Waals surface area contributed by atoms with Gasteiger partial charge in [0, 0.05) is 107 Å². The Morgan fingerprint density at radius 3 is 1.45 bits per heavy atom. The van der Waals surface area contributed by atoms with Crippen LogP contribution in [0, 0.1) is 59.2 Å². The molecule has 14 atom stereocenters. The normalized spacial score (nSPS) is 27.2. The van der Waals surface area contributed by atoms with E-state index in [-0.39, 0.29) is 80.9 Å². The van der Waals surface area contributed by atoms with Gasteiger partial charge in [-0.2, -0.15) is 0 Å². The number of likely N-dealkylation sites (N-methyl/N-ethyl adjacent to an activating group) is 7. The Hall–Kier alpha value is -6.06. The van der Waals surface area contributed by atoms with E-state index in [1.807, 2.05) is 47.6 Å². The van der Waals surface area contributed by atoms with E-state index in [0.717, 1.165) is 4.90 Å². The van der Waals surface area contributed by atoms with Crippen LogP contribution in [-0.2, 0) is 67.0 Å². The molecule has 1 N–H and O–H groups in total. The van der Waals surface area contributed by atoms with Crippen molar-refractivity contribution in [1.29, 1.82) is 0 Å². The van der Waals surface area contributed by atoms with E-state index in [9.17, 15) is 38.4 Å². The molecule has 0 aromatic carbocycles. The molecule has 0 radical (unpaired) electrons. The zero-order valence-corrected chi connectivity index (χ0v) is 60.5. The summed E-state index contributed by atoms with van der Waals surface area (Å²) in [6.07, 6.45) is 2.68. The van der Waals surface area contributed by atoms with Gasteiger partial charge in [-0.1, -0.05) is 116 Å². The molecular weight excluding hydrogens is 1160 g/mol. The summed E-state index contributed by atoms with van der Waals surface area (Å²) in [5, 5.41) is 2.83. The summed E-state index contributed by atoms with van der Waals surface area (Å²) in [4.78, 5) is 186. The van der Waals surface area contributed by atoms with Crippen LogP contribution in [0.25, 0.3) is 0 Å². The number of carbonyl (C=O) groups excluding carboxylic acids is 12. The van der Waals surface area contributed by atoms with Crippen LogP contribution in [0.1, 0.15) is 182 Å². The maximum atomic E-state index is 15.5. The number of ketones is 3. The van der Waals surface area contributed by atoms with E-state index < -0.39 is 155 Å². The van der Waals surface area contributed by atoms with Crippen molar-refractivity contribution in [3.8, 4) is 0 Å². The average Bonchev–Trinajstić information content (AvgIpc) is 1.55. The van der Waals surface area contributed by atoms with Crippen molar-refractivity contribution in [3.63, 3.8) is 0 Å². The molecule has 22 heteroatoms. The molecule has 8 amide bonds. The topological polar surface area (TPSA) is 258 Å². The number of rotatable bonds is 18. The lowest BCUT2D eigenvalue weighted by Gasteiger charge is -2.42. The number of carbonyl (C=O) groups is 12. The maximum Gasteiger partial charge on any atom is 0.303 e. The molecule has 0 unspecified atom stereocenters. The summed E-state index contributed by atoms with van der Waals surface area (Å²) in [6, 6.07) is -9.81. The summed E-state index contributed by atoms with van der Waals surface area (Å²) in [5.74, 6) is -12.3. The standard InChI is InChI=1S/C69H120N8O14/c1-27-29-30-45(14)61(91-49(18)78)60-62(82)70-51(28-2)66(86)71(19)48(17)64(84)76(24)59(44(13)31-32-90-26)57(81)38-50(42(9)10)65(85)72(20)52(33-39(3)4)56(80)36-46(15)55(79)37-47(16)63(83)73(21)53(34-40(5)6)67(87)74(22)54(35-41(7)8)68(88)75(23)58(43(11)12)69(89)77(60)25/h27,29,39-48,50-54,58-61H,28,30-38H2,1-26H3,(H,70,82)/b29-27+/t44-,45-,46-,47+,48-,50+,51+,52+,53+,54+,58+,59+,60+,61-/m1/s1. The third-order valence-corrected chi connectivity index (χ3v) is 18.3. The van der Waals surface area contributed by atoms with Gasteiger partial charge in [0.1, 0.15) is 48.1 Å². The highest BCUT2D eigenvalue weighted by Crippen LogP contribution is 2.30. The van der Waals surface area contributed by atoms with E-state index in [1.54, 1.807) is 75.3 Å². The van der Waals surface area contributed by atoms with Gasteiger partial charge in [0.2, 0.25) is 47.3 Å². The number of methoxy groups -OCH3 is 1. The second-order valence-corrected chi connectivity index (χ2v) is 28.1. The first kappa shape index (κ1) is 83.0. The number of nitrogens with zero attached hydrogens (tertiary/aromatic N) is 7. The molecule has 1 rings (SSSR count). The van der Waals surface area contributed by atoms with Gasteiger partial charge in [0.25, 0.3) is 0 Å². The highest BCUT2D eigenvalue weighted by atomic mass is 16.5. The number of Topliss-reactive ketones (excluding diaryl/α,β-unsaturated/α-hetero) is 3. The fraction of sp³-hybridized carbons (Fsp3) is 0.797. The van der Waals surface area contributed by atoms with Crippen molar-refractivity contribution in [2.45, 2.75) is 237 Å². The van der Waals surface area contributed by atoms with Crippen molar-refractivity contribution in [2.75, 3.05) is 63.1 Å². The third kappa shape index (κ3) is 23.2. The average molecular weight is 1290 g/mol. The molecule has 1 heterocycles. The number of esters is 1. The Morgan fingerprint density at radius 2 is 0.989 bits per heavy atom. The first-order valence-corrected chi connectivity index (χ1v) is 33.1. The molecule has 1 saturated heterocycles. The molecule has 91 heavy (non-hydrogen) atoms. The van der Waals surface area contributed by atoms with Gasteiger partial charge >= 0.3 is 5.97 Å². The van der Waals surface area contributed by atoms with Crippen LogP contribution in [0.5, 0.6) is 0 Å². The Kier molecular flexibility index (Phi) is 34.8. The molecule has 0 aromatic rings. The Balaban J connectivity index is 4.53. The van der Waals surface area contributed by atoms with Gasteiger partial charge in [0.15, 0.2) is 11.6 Å². The molecule has 1 aliphatic rings. The van der Waals surface area contributed by atoms with E-state index >= 15 is 19.2 Å². The molecule has 0 aromatic heterocycles. The molecule has 1 fully saturated rings. The number of allylic oxidation sites excluding steroid dienone is 2. The fourth-order valence-electron chi connectivity index (χ4n) is 12.4. The predicted octanol–water partition coefficient (Wildman–Crippen LogP) is 7.13. The zero-order valence-electron chi connectivity index (χ0n) is 60.5. The van der Waals surface area contributed by atoms with E-state index in [0.29, 0.717) is 12.8 Å². The monoisotopic (exact) mass is 1280 g/mol. The van der Waals surface area contributed by atoms with Crippen molar-refractivity contribution in [1.82, 2.24) is 39.6 Å². The smallest absolute Gasteiger partial charge is 0.303 e. The van der Waals surface area contributed by atoms with Gasteiger partial charge in [-0.25, -0.2) is 0 Å². The molecule has 520 valence electrons. The molecule has 0 saturated carbocycles. The van der Waals surface area contributed by atoms with Crippen LogP contribution in [0.3, 0.4) is 0 Å². The fourth-order valence-corrected chi connectivity index (χ4v) is 12.4. The molecule has 0 spiro atoms. The van der Waals surface area contributed by atoms with Gasteiger partial charge in [-0.05, 0) is 93.8 Å². The molecular formula is C69H120N8O14. The minimum absolute atomic E-state index is 0.00621. The minimum Gasteiger partial charge on any atom is -0.459 e. The lowest BCUT2D eigenvalue weighted by Crippen LogP contribution is -2.64. The number of hydrogen-bond donors (Lipinski definition) is 1. The first-order valence-electron chi connectivity index (χ1n) is 33.1. The SMILES string of the molecule is C/C=C/C[C@@H](C)[C@@H](OC(C)=O)[C@H]1C(=O)N[C@@H](CC)C(=O)N(C)[C@H](C)C(=O)N(C)[C@@H]([C@H](C)CCOC)C(=O)C[C@@H](C(C)C)C(=O)N(C)[C@@H](CC(C)C)C(=O)C[C@@H](C)C(=O)C[C@H](C)C(=O)N(C)[C@@H](CC(C)C)C(=O)N(C)[C@@H](CC(C)C)C(=O)N(C)[C@@H](C(C)C)C(=O)N1C. The van der Waals surface area contributed by atoms with E-state index in [4.69, 9.17) is 9.47 Å². The van der Waals surface area contributed by atoms with Crippen LogP contribution in [0.15, 0.2) is 12.2 Å². The van der Waals surface area contributed by atoms with Crippen LogP contribution >= 0.6 is 0 Å². The second-order valence-electron chi connectivity index (χ2n) is 28.1. The largest absolute Gasteiger partial charge is 0.459 e. The zero-order chi connectivity index (χ0) is 70.5. The molecule has 0 aliphatic carbocycles. The summed E-state index contributed by atoms with van der Waals surface area (Å²) < 4.78 is 11.4.